The fourth-order valence-electron chi connectivity index (χ4n) is 2.53. The number of hydrogen-bond donors (Lipinski definition) is 0. The Hall–Kier alpha value is -0.660. The molecule has 2 heteroatoms. The van der Waals surface area contributed by atoms with Gasteiger partial charge in [-0.3, -0.25) is 4.79 Å². The van der Waals surface area contributed by atoms with Gasteiger partial charge in [-0.25, -0.2) is 4.39 Å². The van der Waals surface area contributed by atoms with Crippen molar-refractivity contribution in [2.75, 3.05) is 0 Å². The molecule has 0 heterocycles. The van der Waals surface area contributed by atoms with Crippen molar-refractivity contribution in [3.63, 3.8) is 0 Å². The highest BCUT2D eigenvalue weighted by Crippen LogP contribution is 2.47. The van der Waals surface area contributed by atoms with Crippen molar-refractivity contribution in [1.29, 1.82) is 0 Å². The normalized spacial score (nSPS) is 44.5. The van der Waals surface area contributed by atoms with E-state index in [1.165, 1.54) is 0 Å². The van der Waals surface area contributed by atoms with E-state index in [4.69, 9.17) is 0 Å². The second-order valence-electron chi connectivity index (χ2n) is 4.68. The standard InChI is InChI=1S/C11H15FO/c1-7-5-10(13)11(2)4-3-9(12)8(7)6-11/h5,8-9H,3-4,6H2,1-2H3/t8-,9+,11+/m1/s1. The van der Waals surface area contributed by atoms with Gasteiger partial charge in [-0.15, -0.1) is 0 Å². The quantitative estimate of drug-likeness (QED) is 0.563. The molecule has 0 aliphatic heterocycles. The number of alkyl halides is 1. The molecule has 0 aromatic carbocycles. The van der Waals surface area contributed by atoms with E-state index < -0.39 is 6.17 Å². The fraction of sp³-hybridized carbons (Fsp3) is 0.727. The minimum atomic E-state index is -0.725. The van der Waals surface area contributed by atoms with Crippen molar-refractivity contribution in [1.82, 2.24) is 0 Å². The molecule has 2 bridgehead atoms. The zero-order valence-electron chi connectivity index (χ0n) is 8.14. The summed E-state index contributed by atoms with van der Waals surface area (Å²) in [6.07, 6.45) is 2.91. The van der Waals surface area contributed by atoms with Gasteiger partial charge in [0.25, 0.3) is 0 Å². The van der Waals surface area contributed by atoms with Crippen molar-refractivity contribution in [2.24, 2.45) is 11.3 Å². The average Bonchev–Trinajstić information content (AvgIpc) is 2.07. The van der Waals surface area contributed by atoms with Crippen molar-refractivity contribution in [3.05, 3.63) is 11.6 Å². The molecule has 2 aliphatic rings. The second kappa shape index (κ2) is 2.66. The van der Waals surface area contributed by atoms with Crippen LogP contribution < -0.4 is 0 Å². The first-order valence-corrected chi connectivity index (χ1v) is 4.90. The molecule has 2 rings (SSSR count). The molecule has 0 aromatic heterocycles. The molecule has 13 heavy (non-hydrogen) atoms. The Morgan fingerprint density at radius 1 is 1.62 bits per heavy atom. The van der Waals surface area contributed by atoms with E-state index in [0.717, 1.165) is 12.0 Å². The van der Waals surface area contributed by atoms with E-state index in [2.05, 4.69) is 0 Å². The van der Waals surface area contributed by atoms with Gasteiger partial charge < -0.3 is 0 Å². The number of rotatable bonds is 0. The molecule has 0 spiro atoms. The summed E-state index contributed by atoms with van der Waals surface area (Å²) in [7, 11) is 0. The molecule has 3 atom stereocenters. The van der Waals surface area contributed by atoms with Crippen LogP contribution in [-0.2, 0) is 4.79 Å². The number of carbonyl (C=O) groups is 1. The highest BCUT2D eigenvalue weighted by molar-refractivity contribution is 5.96. The van der Waals surface area contributed by atoms with Gasteiger partial charge in [-0.1, -0.05) is 12.5 Å². The molecular formula is C11H15FO. The molecule has 2 aliphatic carbocycles. The zero-order valence-corrected chi connectivity index (χ0v) is 8.14. The first-order chi connectivity index (χ1) is 6.03. The number of halogens is 1. The number of carbonyl (C=O) groups excluding carboxylic acids is 1. The summed E-state index contributed by atoms with van der Waals surface area (Å²) in [6.45, 7) is 3.84. The molecule has 0 aromatic rings. The molecule has 1 fully saturated rings. The Kier molecular flexibility index (Phi) is 1.83. The summed E-state index contributed by atoms with van der Waals surface area (Å²) >= 11 is 0. The maximum Gasteiger partial charge on any atom is 0.161 e. The molecule has 72 valence electrons. The van der Waals surface area contributed by atoms with Crippen molar-refractivity contribution in [3.8, 4) is 0 Å². The van der Waals surface area contributed by atoms with Crippen LogP contribution in [0.25, 0.3) is 0 Å². The minimum absolute atomic E-state index is 0.0106. The van der Waals surface area contributed by atoms with Crippen molar-refractivity contribution >= 4 is 5.78 Å². The Morgan fingerprint density at radius 2 is 2.31 bits per heavy atom. The molecule has 0 unspecified atom stereocenters. The van der Waals surface area contributed by atoms with Gasteiger partial charge >= 0.3 is 0 Å². The summed E-state index contributed by atoms with van der Waals surface area (Å²) in [5.41, 5.74) is 0.682. The summed E-state index contributed by atoms with van der Waals surface area (Å²) in [5.74, 6) is 0.213. The van der Waals surface area contributed by atoms with Gasteiger partial charge in [0, 0.05) is 11.3 Å². The van der Waals surface area contributed by atoms with Crippen molar-refractivity contribution < 1.29 is 9.18 Å². The molecular weight excluding hydrogens is 167 g/mol. The fourth-order valence-corrected chi connectivity index (χ4v) is 2.53. The third-order valence-electron chi connectivity index (χ3n) is 3.62. The molecule has 0 amide bonds. The van der Waals surface area contributed by atoms with Crippen LogP contribution in [0.3, 0.4) is 0 Å². The summed E-state index contributed by atoms with van der Waals surface area (Å²) in [4.78, 5) is 11.6. The lowest BCUT2D eigenvalue weighted by Crippen LogP contribution is -2.41. The predicted octanol–water partition coefficient (Wildman–Crippen LogP) is 2.66. The zero-order chi connectivity index (χ0) is 9.64. The Labute approximate surface area is 78.0 Å². The SMILES string of the molecule is CC1=CC(=O)[C@@]2(C)CC[C@H](F)[C@@H]1C2. The smallest absolute Gasteiger partial charge is 0.161 e. The second-order valence-corrected chi connectivity index (χ2v) is 4.68. The number of allylic oxidation sites excluding steroid dienone is 2. The molecule has 1 nitrogen and oxygen atoms in total. The lowest BCUT2D eigenvalue weighted by molar-refractivity contribution is -0.127. The summed E-state index contributed by atoms with van der Waals surface area (Å²) in [6, 6.07) is 0. The number of hydrogen-bond acceptors (Lipinski definition) is 1. The van der Waals surface area contributed by atoms with Gasteiger partial charge in [0.15, 0.2) is 5.78 Å². The highest BCUT2D eigenvalue weighted by Gasteiger charge is 2.45. The van der Waals surface area contributed by atoms with Crippen LogP contribution in [0.5, 0.6) is 0 Å². The summed E-state index contributed by atoms with van der Waals surface area (Å²) < 4.78 is 13.5. The minimum Gasteiger partial charge on any atom is -0.294 e. The number of fused-ring (bicyclic) bond motifs is 2. The molecule has 0 saturated heterocycles. The Balaban J connectivity index is 2.38. The van der Waals surface area contributed by atoms with E-state index in [1.807, 2.05) is 13.8 Å². The first-order valence-electron chi connectivity index (χ1n) is 4.90. The van der Waals surface area contributed by atoms with E-state index in [-0.39, 0.29) is 17.1 Å². The largest absolute Gasteiger partial charge is 0.294 e. The van der Waals surface area contributed by atoms with Crippen LogP contribution >= 0.6 is 0 Å². The maximum absolute atomic E-state index is 13.5. The van der Waals surface area contributed by atoms with Crippen LogP contribution in [0.1, 0.15) is 33.1 Å². The maximum atomic E-state index is 13.5. The topological polar surface area (TPSA) is 17.1 Å². The van der Waals surface area contributed by atoms with Crippen LogP contribution in [0.2, 0.25) is 0 Å². The van der Waals surface area contributed by atoms with Gasteiger partial charge in [0.05, 0.1) is 0 Å². The van der Waals surface area contributed by atoms with E-state index in [0.29, 0.717) is 12.8 Å². The Morgan fingerprint density at radius 3 is 3.00 bits per heavy atom. The van der Waals surface area contributed by atoms with E-state index in [1.54, 1.807) is 6.08 Å². The third kappa shape index (κ3) is 1.23. The van der Waals surface area contributed by atoms with Crippen LogP contribution in [0, 0.1) is 11.3 Å². The average molecular weight is 182 g/mol. The lowest BCUT2D eigenvalue weighted by Gasteiger charge is -2.42. The van der Waals surface area contributed by atoms with Crippen molar-refractivity contribution in [2.45, 2.75) is 39.3 Å². The monoisotopic (exact) mass is 182 g/mol. The third-order valence-corrected chi connectivity index (χ3v) is 3.62. The first kappa shape index (κ1) is 8.92. The Bertz CT molecular complexity index is 282. The van der Waals surface area contributed by atoms with Gasteiger partial charge in [-0.05, 0) is 32.3 Å². The van der Waals surface area contributed by atoms with Gasteiger partial charge in [0.2, 0.25) is 0 Å². The lowest BCUT2D eigenvalue weighted by atomic mass is 9.62. The predicted molar refractivity (Wildman–Crippen MR) is 49.1 cm³/mol. The van der Waals surface area contributed by atoms with Crippen LogP contribution in [-0.4, -0.2) is 12.0 Å². The molecule has 0 radical (unpaired) electrons. The highest BCUT2D eigenvalue weighted by atomic mass is 19.1. The van der Waals surface area contributed by atoms with Crippen LogP contribution in [0.15, 0.2) is 11.6 Å². The number of ketones is 1. The summed E-state index contributed by atoms with van der Waals surface area (Å²) in [5, 5.41) is 0. The van der Waals surface area contributed by atoms with Crippen LogP contribution in [0.4, 0.5) is 4.39 Å². The molecule has 0 N–H and O–H groups in total. The van der Waals surface area contributed by atoms with Gasteiger partial charge in [0.1, 0.15) is 6.17 Å². The molecule has 1 saturated carbocycles. The van der Waals surface area contributed by atoms with E-state index in [9.17, 15) is 9.18 Å². The van der Waals surface area contributed by atoms with Gasteiger partial charge in [-0.2, -0.15) is 0 Å². The van der Waals surface area contributed by atoms with E-state index >= 15 is 0 Å².